The number of aromatic nitrogens is 3. The van der Waals surface area contributed by atoms with E-state index in [9.17, 15) is 9.59 Å². The van der Waals surface area contributed by atoms with Crippen LogP contribution in [0.15, 0.2) is 52.2 Å². The lowest BCUT2D eigenvalue weighted by Gasteiger charge is -2.03. The molecule has 0 spiro atoms. The van der Waals surface area contributed by atoms with E-state index < -0.39 is 11.8 Å². The summed E-state index contributed by atoms with van der Waals surface area (Å²) in [6.45, 7) is 1.98. The Morgan fingerprint density at radius 1 is 1.24 bits per heavy atom. The van der Waals surface area contributed by atoms with E-state index >= 15 is 0 Å². The predicted molar refractivity (Wildman–Crippen MR) is 93.1 cm³/mol. The highest BCUT2D eigenvalue weighted by Gasteiger charge is 2.15. The number of rotatable bonds is 5. The van der Waals surface area contributed by atoms with Gasteiger partial charge in [-0.2, -0.15) is 0 Å². The van der Waals surface area contributed by atoms with Crippen molar-refractivity contribution in [2.45, 2.75) is 12.1 Å². The van der Waals surface area contributed by atoms with Crippen LogP contribution in [0.25, 0.3) is 11.5 Å². The van der Waals surface area contributed by atoms with Gasteiger partial charge in [-0.05, 0) is 31.2 Å². The minimum Gasteiger partial charge on any atom is -0.411 e. The SMILES string of the molecule is Cc1cccc(-c2nnc(SCC(=O)NC(=O)c3cccn3C)o2)c1. The summed E-state index contributed by atoms with van der Waals surface area (Å²) in [5.41, 5.74) is 2.32. The van der Waals surface area contributed by atoms with E-state index in [1.807, 2.05) is 31.2 Å². The van der Waals surface area contributed by atoms with Gasteiger partial charge in [-0.1, -0.05) is 29.5 Å². The molecular formula is C17H16N4O3S. The van der Waals surface area contributed by atoms with Crippen LogP contribution < -0.4 is 5.32 Å². The summed E-state index contributed by atoms with van der Waals surface area (Å²) in [6.07, 6.45) is 1.74. The van der Waals surface area contributed by atoms with Crippen molar-refractivity contribution < 1.29 is 14.0 Å². The maximum absolute atomic E-state index is 12.0. The largest absolute Gasteiger partial charge is 0.411 e. The molecule has 3 aromatic rings. The van der Waals surface area contributed by atoms with E-state index in [1.54, 1.807) is 29.9 Å². The maximum Gasteiger partial charge on any atom is 0.277 e. The molecule has 0 saturated carbocycles. The fourth-order valence-electron chi connectivity index (χ4n) is 2.21. The lowest BCUT2D eigenvalue weighted by atomic mass is 10.1. The molecule has 0 bridgehead atoms. The van der Waals surface area contributed by atoms with Crippen molar-refractivity contribution in [2.75, 3.05) is 5.75 Å². The molecule has 1 aromatic carbocycles. The van der Waals surface area contributed by atoms with Crippen molar-refractivity contribution >= 4 is 23.6 Å². The van der Waals surface area contributed by atoms with E-state index in [0.717, 1.165) is 22.9 Å². The molecule has 0 atom stereocenters. The lowest BCUT2D eigenvalue weighted by molar-refractivity contribution is -0.117. The van der Waals surface area contributed by atoms with Crippen molar-refractivity contribution in [3.8, 4) is 11.5 Å². The second-order valence-corrected chi connectivity index (χ2v) is 6.34. The third-order valence-electron chi connectivity index (χ3n) is 3.43. The summed E-state index contributed by atoms with van der Waals surface area (Å²) in [5, 5.41) is 10.5. The minimum atomic E-state index is -0.441. The number of carbonyl (C=O) groups is 2. The molecule has 2 aromatic heterocycles. The summed E-state index contributed by atoms with van der Waals surface area (Å²) in [4.78, 5) is 23.9. The number of aryl methyl sites for hydroxylation is 2. The molecule has 2 heterocycles. The van der Waals surface area contributed by atoms with Gasteiger partial charge in [-0.25, -0.2) is 0 Å². The molecule has 8 heteroatoms. The van der Waals surface area contributed by atoms with Crippen LogP contribution in [0.2, 0.25) is 0 Å². The minimum absolute atomic E-state index is 0.00557. The molecule has 7 nitrogen and oxygen atoms in total. The highest BCUT2D eigenvalue weighted by Crippen LogP contribution is 2.23. The van der Waals surface area contributed by atoms with E-state index in [2.05, 4.69) is 15.5 Å². The van der Waals surface area contributed by atoms with E-state index in [1.165, 1.54) is 0 Å². The van der Waals surface area contributed by atoms with E-state index in [0.29, 0.717) is 11.6 Å². The number of amides is 2. The Bertz CT molecular complexity index is 916. The molecule has 0 saturated heterocycles. The highest BCUT2D eigenvalue weighted by molar-refractivity contribution is 7.99. The Morgan fingerprint density at radius 2 is 2.08 bits per heavy atom. The Labute approximate surface area is 148 Å². The summed E-state index contributed by atoms with van der Waals surface area (Å²) in [7, 11) is 1.74. The van der Waals surface area contributed by atoms with Crippen LogP contribution in [0.1, 0.15) is 16.1 Å². The molecule has 2 amide bonds. The average Bonchev–Trinajstić information content (AvgIpc) is 3.22. The number of thioether (sulfide) groups is 1. The molecule has 0 aliphatic rings. The van der Waals surface area contributed by atoms with Crippen LogP contribution in [0, 0.1) is 6.92 Å². The molecular weight excluding hydrogens is 340 g/mol. The summed E-state index contributed by atoms with van der Waals surface area (Å²) < 4.78 is 7.18. The third kappa shape index (κ3) is 4.16. The van der Waals surface area contributed by atoms with Crippen LogP contribution in [-0.2, 0) is 11.8 Å². The Kier molecular flexibility index (Phi) is 4.99. The normalized spacial score (nSPS) is 10.6. The van der Waals surface area contributed by atoms with Gasteiger partial charge in [0.05, 0.1) is 5.75 Å². The lowest BCUT2D eigenvalue weighted by Crippen LogP contribution is -2.32. The fraction of sp³-hybridized carbons (Fsp3) is 0.176. The second-order valence-electron chi connectivity index (χ2n) is 5.41. The Morgan fingerprint density at radius 3 is 2.80 bits per heavy atom. The number of carbonyl (C=O) groups excluding carboxylic acids is 2. The first-order valence-electron chi connectivity index (χ1n) is 7.52. The first-order valence-corrected chi connectivity index (χ1v) is 8.50. The van der Waals surface area contributed by atoms with Crippen molar-refractivity contribution in [1.29, 1.82) is 0 Å². The zero-order chi connectivity index (χ0) is 17.8. The molecule has 0 unspecified atom stereocenters. The molecule has 0 fully saturated rings. The zero-order valence-electron chi connectivity index (χ0n) is 13.7. The smallest absolute Gasteiger partial charge is 0.277 e. The molecule has 1 N–H and O–H groups in total. The molecule has 0 radical (unpaired) electrons. The summed E-state index contributed by atoms with van der Waals surface area (Å²) in [5.74, 6) is -0.465. The number of nitrogens with zero attached hydrogens (tertiary/aromatic N) is 3. The van der Waals surface area contributed by atoms with Gasteiger partial charge in [-0.15, -0.1) is 10.2 Å². The molecule has 0 aliphatic heterocycles. The maximum atomic E-state index is 12.0. The van der Waals surface area contributed by atoms with Gasteiger partial charge < -0.3 is 8.98 Å². The van der Waals surface area contributed by atoms with Crippen LogP contribution in [-0.4, -0.2) is 32.3 Å². The Balaban J connectivity index is 1.56. The van der Waals surface area contributed by atoms with E-state index in [4.69, 9.17) is 4.42 Å². The van der Waals surface area contributed by atoms with Crippen molar-refractivity contribution in [3.05, 3.63) is 53.9 Å². The van der Waals surface area contributed by atoms with Crippen LogP contribution in [0.4, 0.5) is 0 Å². The number of imide groups is 1. The van der Waals surface area contributed by atoms with Gasteiger partial charge >= 0.3 is 0 Å². The summed E-state index contributed by atoms with van der Waals surface area (Å²) in [6, 6.07) is 11.1. The molecule has 0 aliphatic carbocycles. The number of hydrogen-bond donors (Lipinski definition) is 1. The van der Waals surface area contributed by atoms with Gasteiger partial charge in [0.2, 0.25) is 11.8 Å². The van der Waals surface area contributed by atoms with Gasteiger partial charge in [0.1, 0.15) is 5.69 Å². The van der Waals surface area contributed by atoms with Crippen molar-refractivity contribution in [3.63, 3.8) is 0 Å². The van der Waals surface area contributed by atoms with Crippen LogP contribution in [0.5, 0.6) is 0 Å². The van der Waals surface area contributed by atoms with Crippen LogP contribution >= 0.6 is 11.8 Å². The fourth-order valence-corrected chi connectivity index (χ4v) is 2.78. The molecule has 128 valence electrons. The molecule has 25 heavy (non-hydrogen) atoms. The third-order valence-corrected chi connectivity index (χ3v) is 4.25. The van der Waals surface area contributed by atoms with Gasteiger partial charge in [-0.3, -0.25) is 14.9 Å². The van der Waals surface area contributed by atoms with Gasteiger partial charge in [0, 0.05) is 18.8 Å². The second kappa shape index (κ2) is 7.35. The van der Waals surface area contributed by atoms with Gasteiger partial charge in [0.15, 0.2) is 0 Å². The number of hydrogen-bond acceptors (Lipinski definition) is 6. The molecule has 3 rings (SSSR count). The predicted octanol–water partition coefficient (Wildman–Crippen LogP) is 2.43. The van der Waals surface area contributed by atoms with Crippen LogP contribution in [0.3, 0.4) is 0 Å². The van der Waals surface area contributed by atoms with Crippen molar-refractivity contribution in [2.24, 2.45) is 7.05 Å². The average molecular weight is 356 g/mol. The number of benzene rings is 1. The van der Waals surface area contributed by atoms with Crippen molar-refractivity contribution in [1.82, 2.24) is 20.1 Å². The standard InChI is InChI=1S/C17H16N4O3S/c1-11-5-3-6-12(9-11)16-19-20-17(24-16)25-10-14(22)18-15(23)13-7-4-8-21(13)2/h3-9H,10H2,1-2H3,(H,18,22,23). The van der Waals surface area contributed by atoms with Gasteiger partial charge in [0.25, 0.3) is 11.1 Å². The first kappa shape index (κ1) is 17.0. The van der Waals surface area contributed by atoms with E-state index in [-0.39, 0.29) is 11.0 Å². The highest BCUT2D eigenvalue weighted by atomic mass is 32.2. The number of nitrogens with one attached hydrogen (secondary N) is 1. The first-order chi connectivity index (χ1) is 12.0. The quantitative estimate of drug-likeness (QED) is 0.706. The topological polar surface area (TPSA) is 90.0 Å². The zero-order valence-corrected chi connectivity index (χ0v) is 14.5. The monoisotopic (exact) mass is 356 g/mol. The summed E-state index contributed by atoms with van der Waals surface area (Å²) >= 11 is 1.08. The Hall–Kier alpha value is -2.87.